The van der Waals surface area contributed by atoms with Gasteiger partial charge >= 0.3 is 6.18 Å². The number of alkyl halides is 3. The van der Waals surface area contributed by atoms with Crippen molar-refractivity contribution in [2.24, 2.45) is 0 Å². The van der Waals surface area contributed by atoms with Crippen LogP contribution in [-0.4, -0.2) is 11.3 Å². The van der Waals surface area contributed by atoms with Gasteiger partial charge in [-0.1, -0.05) is 48.5 Å². The van der Waals surface area contributed by atoms with Gasteiger partial charge in [0, 0.05) is 5.56 Å². The second-order valence-corrected chi connectivity index (χ2v) is 4.93. The zero-order valence-electron chi connectivity index (χ0n) is 11.7. The van der Waals surface area contributed by atoms with Gasteiger partial charge in [0.15, 0.2) is 0 Å². The van der Waals surface area contributed by atoms with Crippen molar-refractivity contribution in [1.29, 1.82) is 0 Å². The maximum Gasteiger partial charge on any atom is 0.425 e. The van der Waals surface area contributed by atoms with Crippen LogP contribution in [0.1, 0.15) is 16.7 Å². The number of benzene rings is 2. The van der Waals surface area contributed by atoms with Gasteiger partial charge in [-0.25, -0.2) is 4.39 Å². The third kappa shape index (κ3) is 3.04. The minimum absolute atomic E-state index is 0.0289. The predicted molar refractivity (Wildman–Crippen MR) is 76.6 cm³/mol. The average Bonchev–Trinajstić information content (AvgIpc) is 2.45. The number of hydrogen-bond acceptors (Lipinski definition) is 1. The first-order valence-corrected chi connectivity index (χ1v) is 6.54. The summed E-state index contributed by atoms with van der Waals surface area (Å²) in [5.41, 5.74) is -3.20. The average molecular weight is 310 g/mol. The molecule has 0 radical (unpaired) electrons. The molecule has 22 heavy (non-hydrogen) atoms. The van der Waals surface area contributed by atoms with Gasteiger partial charge in [0.1, 0.15) is 5.82 Å². The van der Waals surface area contributed by atoms with Crippen LogP contribution in [0.25, 0.3) is 6.08 Å². The van der Waals surface area contributed by atoms with Crippen LogP contribution in [-0.2, 0) is 5.60 Å². The van der Waals surface area contributed by atoms with E-state index in [1.807, 2.05) is 0 Å². The fraction of sp³-hybridized carbons (Fsp3) is 0.176. The summed E-state index contributed by atoms with van der Waals surface area (Å²) in [6, 6.07) is 11.1. The molecule has 5 heteroatoms. The van der Waals surface area contributed by atoms with Gasteiger partial charge < -0.3 is 5.11 Å². The van der Waals surface area contributed by atoms with Crippen LogP contribution in [0.15, 0.2) is 54.6 Å². The highest BCUT2D eigenvalue weighted by Gasteiger charge is 2.53. The molecule has 0 saturated heterocycles. The number of rotatable bonds is 3. The van der Waals surface area contributed by atoms with E-state index in [1.165, 1.54) is 43.3 Å². The summed E-state index contributed by atoms with van der Waals surface area (Å²) < 4.78 is 53.7. The first-order valence-electron chi connectivity index (χ1n) is 6.54. The summed E-state index contributed by atoms with van der Waals surface area (Å²) in [4.78, 5) is 0. The van der Waals surface area contributed by atoms with E-state index in [0.717, 1.165) is 12.1 Å². The van der Waals surface area contributed by atoms with Crippen molar-refractivity contribution in [3.63, 3.8) is 0 Å². The Balaban J connectivity index is 2.53. The monoisotopic (exact) mass is 310 g/mol. The van der Waals surface area contributed by atoms with Crippen LogP contribution >= 0.6 is 0 Å². The molecule has 0 fully saturated rings. The third-order valence-electron chi connectivity index (χ3n) is 3.40. The summed E-state index contributed by atoms with van der Waals surface area (Å²) in [6.07, 6.45) is -3.41. The predicted octanol–water partition coefficient (Wildman–Crippen LogP) is 4.60. The lowest BCUT2D eigenvalue weighted by Crippen LogP contribution is -2.41. The van der Waals surface area contributed by atoms with E-state index in [4.69, 9.17) is 0 Å². The van der Waals surface area contributed by atoms with E-state index >= 15 is 0 Å². The van der Waals surface area contributed by atoms with Crippen LogP contribution in [0.3, 0.4) is 0 Å². The van der Waals surface area contributed by atoms with E-state index < -0.39 is 17.6 Å². The van der Waals surface area contributed by atoms with E-state index in [0.29, 0.717) is 11.6 Å². The SMILES string of the molecule is Cc1ccccc1C(O)(C=Cc1ccccc1F)C(F)(F)F. The Morgan fingerprint density at radius 3 is 2.14 bits per heavy atom. The first-order chi connectivity index (χ1) is 10.3. The Labute approximate surface area is 125 Å². The minimum atomic E-state index is -4.93. The van der Waals surface area contributed by atoms with Gasteiger partial charge in [-0.2, -0.15) is 13.2 Å². The Bertz CT molecular complexity index is 691. The van der Waals surface area contributed by atoms with E-state index in [1.54, 1.807) is 6.07 Å². The summed E-state index contributed by atoms with van der Waals surface area (Å²) in [5.74, 6) is -0.659. The van der Waals surface area contributed by atoms with E-state index in [2.05, 4.69) is 0 Å². The van der Waals surface area contributed by atoms with E-state index in [-0.39, 0.29) is 11.1 Å². The summed E-state index contributed by atoms with van der Waals surface area (Å²) in [6.45, 7) is 1.48. The molecule has 1 N–H and O–H groups in total. The lowest BCUT2D eigenvalue weighted by Gasteiger charge is -2.29. The molecule has 0 amide bonds. The molecule has 0 aromatic heterocycles. The Morgan fingerprint density at radius 2 is 1.55 bits per heavy atom. The molecule has 0 aliphatic rings. The van der Waals surface area contributed by atoms with Crippen molar-refractivity contribution < 1.29 is 22.7 Å². The fourth-order valence-corrected chi connectivity index (χ4v) is 2.16. The van der Waals surface area contributed by atoms with Crippen molar-refractivity contribution in [3.8, 4) is 0 Å². The molecule has 0 aliphatic carbocycles. The standard InChI is InChI=1S/C17H14F4O/c1-12-6-2-4-8-14(12)16(22,17(19,20)21)11-10-13-7-3-5-9-15(13)18/h2-11,22H,1H3. The normalized spacial score (nSPS) is 15.0. The van der Waals surface area contributed by atoms with Crippen molar-refractivity contribution in [2.45, 2.75) is 18.7 Å². The van der Waals surface area contributed by atoms with Crippen LogP contribution < -0.4 is 0 Å². The van der Waals surface area contributed by atoms with Crippen LogP contribution in [0.2, 0.25) is 0 Å². The number of halogens is 4. The topological polar surface area (TPSA) is 20.2 Å². The molecule has 0 bridgehead atoms. The van der Waals surface area contributed by atoms with Crippen molar-refractivity contribution >= 4 is 6.08 Å². The van der Waals surface area contributed by atoms with Crippen LogP contribution in [0.4, 0.5) is 17.6 Å². The molecule has 1 atom stereocenters. The Kier molecular flexibility index (Phi) is 4.37. The van der Waals surface area contributed by atoms with Crippen molar-refractivity contribution in [3.05, 3.63) is 77.1 Å². The molecular weight excluding hydrogens is 296 g/mol. The van der Waals surface area contributed by atoms with Gasteiger partial charge in [0.05, 0.1) is 0 Å². The zero-order valence-corrected chi connectivity index (χ0v) is 11.7. The lowest BCUT2D eigenvalue weighted by atomic mass is 9.88. The molecule has 0 aliphatic heterocycles. The Morgan fingerprint density at radius 1 is 0.955 bits per heavy atom. The number of hydrogen-bond donors (Lipinski definition) is 1. The molecule has 1 unspecified atom stereocenters. The number of aliphatic hydroxyl groups is 1. The minimum Gasteiger partial charge on any atom is -0.373 e. The highest BCUT2D eigenvalue weighted by atomic mass is 19.4. The molecule has 116 valence electrons. The largest absolute Gasteiger partial charge is 0.425 e. The van der Waals surface area contributed by atoms with Crippen LogP contribution in [0, 0.1) is 12.7 Å². The quantitative estimate of drug-likeness (QED) is 0.822. The first kappa shape index (κ1) is 16.2. The van der Waals surface area contributed by atoms with Crippen molar-refractivity contribution in [1.82, 2.24) is 0 Å². The molecular formula is C17H14F4O. The third-order valence-corrected chi connectivity index (χ3v) is 3.40. The summed E-state index contributed by atoms with van der Waals surface area (Å²) >= 11 is 0. The zero-order chi connectivity index (χ0) is 16.4. The molecule has 0 saturated carbocycles. The van der Waals surface area contributed by atoms with Gasteiger partial charge in [-0.3, -0.25) is 0 Å². The second kappa shape index (κ2) is 5.93. The molecule has 2 aromatic rings. The maximum atomic E-state index is 13.5. The fourth-order valence-electron chi connectivity index (χ4n) is 2.16. The molecule has 2 rings (SSSR count). The maximum absolute atomic E-state index is 13.5. The second-order valence-electron chi connectivity index (χ2n) is 4.93. The molecule has 2 aromatic carbocycles. The van der Waals surface area contributed by atoms with Gasteiger partial charge in [0.25, 0.3) is 0 Å². The summed E-state index contributed by atoms with van der Waals surface area (Å²) in [5, 5.41) is 10.2. The molecule has 0 heterocycles. The summed E-state index contributed by atoms with van der Waals surface area (Å²) in [7, 11) is 0. The highest BCUT2D eigenvalue weighted by molar-refractivity contribution is 5.53. The van der Waals surface area contributed by atoms with Gasteiger partial charge in [-0.15, -0.1) is 0 Å². The van der Waals surface area contributed by atoms with Gasteiger partial charge in [-0.05, 0) is 30.2 Å². The van der Waals surface area contributed by atoms with Crippen molar-refractivity contribution in [2.75, 3.05) is 0 Å². The van der Waals surface area contributed by atoms with Gasteiger partial charge in [0.2, 0.25) is 5.60 Å². The Hall–Kier alpha value is -2.14. The molecule has 0 spiro atoms. The highest BCUT2D eigenvalue weighted by Crippen LogP contribution is 2.41. The van der Waals surface area contributed by atoms with E-state index in [9.17, 15) is 22.7 Å². The lowest BCUT2D eigenvalue weighted by molar-refractivity contribution is -0.245. The smallest absolute Gasteiger partial charge is 0.373 e. The number of aryl methyl sites for hydroxylation is 1. The molecule has 1 nitrogen and oxygen atoms in total. The van der Waals surface area contributed by atoms with Crippen LogP contribution in [0.5, 0.6) is 0 Å².